The number of rotatable bonds is 4. The molecule has 0 bridgehead atoms. The molecule has 0 spiro atoms. The van der Waals surface area contributed by atoms with E-state index in [9.17, 15) is 9.13 Å². The summed E-state index contributed by atoms with van der Waals surface area (Å²) in [7, 11) is -9.58. The molecular formula is C3H11NO6P2. The maximum atomic E-state index is 10.5. The van der Waals surface area contributed by atoms with Crippen LogP contribution in [0.15, 0.2) is 0 Å². The van der Waals surface area contributed by atoms with Crippen molar-refractivity contribution in [3.05, 3.63) is 0 Å². The second-order valence-electron chi connectivity index (χ2n) is 2.11. The lowest BCUT2D eigenvalue weighted by molar-refractivity contribution is 0.329. The van der Waals surface area contributed by atoms with E-state index < -0.39 is 20.7 Å². The summed E-state index contributed by atoms with van der Waals surface area (Å²) in [5.41, 5.74) is -2.09. The summed E-state index contributed by atoms with van der Waals surface area (Å²) >= 11 is 0. The van der Waals surface area contributed by atoms with Gasteiger partial charge in [0.05, 0.1) is 0 Å². The zero-order valence-corrected chi connectivity index (χ0v) is 8.07. The maximum Gasteiger partial charge on any atom is 0.354 e. The Hall–Kier alpha value is 0.260. The van der Waals surface area contributed by atoms with Crippen LogP contribution in [0.1, 0.15) is 6.92 Å². The first-order chi connectivity index (χ1) is 5.19. The minimum atomic E-state index is -4.79. The highest BCUT2D eigenvalue weighted by atomic mass is 31.2. The fraction of sp³-hybridized carbons (Fsp3) is 1.00. The van der Waals surface area contributed by atoms with Gasteiger partial charge in [0.2, 0.25) is 5.52 Å². The molecular weight excluding hydrogens is 208 g/mol. The predicted octanol–water partition coefficient (Wildman–Crippen LogP) is -0.765. The minimum absolute atomic E-state index is 0.0703. The second-order valence-corrected chi connectivity index (χ2v) is 5.91. The van der Waals surface area contributed by atoms with Crippen molar-refractivity contribution in [1.29, 1.82) is 0 Å². The summed E-state index contributed by atoms with van der Waals surface area (Å²) < 4.78 is 21.0. The molecule has 0 saturated carbocycles. The van der Waals surface area contributed by atoms with E-state index in [1.807, 2.05) is 5.32 Å². The lowest BCUT2D eigenvalue weighted by Crippen LogP contribution is -2.28. The first kappa shape index (κ1) is 12.3. The molecule has 0 atom stereocenters. The second kappa shape index (κ2) is 3.98. The summed E-state index contributed by atoms with van der Waals surface area (Å²) in [6, 6.07) is 0. The summed E-state index contributed by atoms with van der Waals surface area (Å²) in [4.78, 5) is 34.0. The van der Waals surface area contributed by atoms with Crippen molar-refractivity contribution in [2.75, 3.05) is 6.54 Å². The molecule has 12 heavy (non-hydrogen) atoms. The van der Waals surface area contributed by atoms with Gasteiger partial charge in [-0.3, -0.25) is 14.4 Å². The Morgan fingerprint density at radius 1 is 1.17 bits per heavy atom. The average Bonchev–Trinajstić information content (AvgIpc) is 1.77. The van der Waals surface area contributed by atoms with E-state index in [2.05, 4.69) is 0 Å². The number of nitrogens with one attached hydrogen (secondary N) is 1. The van der Waals surface area contributed by atoms with Gasteiger partial charge in [-0.05, 0) is 6.54 Å². The van der Waals surface area contributed by atoms with Crippen molar-refractivity contribution in [3.63, 3.8) is 0 Å². The first-order valence-corrected chi connectivity index (χ1v) is 6.39. The molecule has 5 N–H and O–H groups in total. The van der Waals surface area contributed by atoms with Crippen molar-refractivity contribution in [1.82, 2.24) is 5.32 Å². The van der Waals surface area contributed by atoms with Crippen LogP contribution in [0.3, 0.4) is 0 Å². The Balaban J connectivity index is 4.70. The van der Waals surface area contributed by atoms with Crippen molar-refractivity contribution in [3.8, 4) is 0 Å². The molecule has 0 saturated heterocycles. The zero-order valence-electron chi connectivity index (χ0n) is 6.28. The Bertz CT molecular complexity index is 207. The molecule has 0 aromatic rings. The van der Waals surface area contributed by atoms with E-state index in [1.165, 1.54) is 6.92 Å². The van der Waals surface area contributed by atoms with Gasteiger partial charge in [-0.25, -0.2) is 0 Å². The molecule has 0 aliphatic heterocycles. The Morgan fingerprint density at radius 2 is 1.50 bits per heavy atom. The molecule has 0 fully saturated rings. The molecule has 7 nitrogen and oxygen atoms in total. The van der Waals surface area contributed by atoms with Crippen LogP contribution >= 0.6 is 15.2 Å². The lowest BCUT2D eigenvalue weighted by atomic mass is 10.8. The molecule has 0 aromatic heterocycles. The van der Waals surface area contributed by atoms with Gasteiger partial charge >= 0.3 is 15.2 Å². The van der Waals surface area contributed by atoms with Gasteiger partial charge in [0.25, 0.3) is 0 Å². The quantitative estimate of drug-likeness (QED) is 0.393. The van der Waals surface area contributed by atoms with Crippen molar-refractivity contribution >= 4 is 15.2 Å². The Kier molecular flexibility index (Phi) is 4.07. The highest BCUT2D eigenvalue weighted by Gasteiger charge is 2.42. The monoisotopic (exact) mass is 219 g/mol. The Labute approximate surface area is 69.1 Å². The first-order valence-electron chi connectivity index (χ1n) is 3.03. The third-order valence-electron chi connectivity index (χ3n) is 1.02. The van der Waals surface area contributed by atoms with Gasteiger partial charge in [-0.2, -0.15) is 0 Å². The molecule has 0 amide bonds. The van der Waals surface area contributed by atoms with E-state index in [4.69, 9.17) is 19.6 Å². The van der Waals surface area contributed by atoms with Crippen LogP contribution in [0.2, 0.25) is 0 Å². The fourth-order valence-corrected chi connectivity index (χ4v) is 3.02. The van der Waals surface area contributed by atoms with Gasteiger partial charge in [-0.15, -0.1) is 0 Å². The largest absolute Gasteiger partial charge is 0.354 e. The van der Waals surface area contributed by atoms with Crippen LogP contribution in [0.4, 0.5) is 0 Å². The molecule has 9 heteroatoms. The number of hydrogen-bond donors (Lipinski definition) is 5. The van der Waals surface area contributed by atoms with Crippen LogP contribution in [-0.4, -0.2) is 31.6 Å². The average molecular weight is 219 g/mol. The van der Waals surface area contributed by atoms with Crippen LogP contribution in [0, 0.1) is 0 Å². The van der Waals surface area contributed by atoms with Crippen LogP contribution in [-0.2, 0) is 9.13 Å². The van der Waals surface area contributed by atoms with Gasteiger partial charge < -0.3 is 19.6 Å². The summed E-state index contributed by atoms with van der Waals surface area (Å²) in [6.45, 7) is 1.55. The topological polar surface area (TPSA) is 127 Å². The summed E-state index contributed by atoms with van der Waals surface area (Å²) in [5, 5.41) is 2.04. The minimum Gasteiger partial charge on any atom is -0.323 e. The van der Waals surface area contributed by atoms with Gasteiger partial charge in [-0.1, -0.05) is 6.92 Å². The third kappa shape index (κ3) is 3.78. The van der Waals surface area contributed by atoms with Crippen molar-refractivity contribution in [2.24, 2.45) is 0 Å². The molecule has 0 unspecified atom stereocenters. The highest BCUT2D eigenvalue weighted by Crippen LogP contribution is 2.58. The maximum absolute atomic E-state index is 10.5. The molecule has 0 rings (SSSR count). The normalized spacial score (nSPS) is 13.8. The number of hydrogen-bond acceptors (Lipinski definition) is 3. The predicted molar refractivity (Wildman–Crippen MR) is 41.6 cm³/mol. The van der Waals surface area contributed by atoms with E-state index in [0.717, 1.165) is 0 Å². The van der Waals surface area contributed by atoms with E-state index >= 15 is 0 Å². The highest BCUT2D eigenvalue weighted by molar-refractivity contribution is 7.70. The van der Waals surface area contributed by atoms with Crippen LogP contribution < -0.4 is 5.32 Å². The summed E-state index contributed by atoms with van der Waals surface area (Å²) in [5.74, 6) is 0. The third-order valence-corrected chi connectivity index (χ3v) is 4.47. The van der Waals surface area contributed by atoms with E-state index in [-0.39, 0.29) is 6.54 Å². The summed E-state index contributed by atoms with van der Waals surface area (Å²) in [6.07, 6.45) is 0. The zero-order chi connectivity index (χ0) is 9.99. The standard InChI is InChI=1S/C3H11NO6P2/c1-2-4-3(11(5,6)7)12(8,9)10/h3-4H,2H2,1H3,(H2,5,6,7)(H2,8,9,10). The fourth-order valence-electron chi connectivity index (χ4n) is 0.616. The Morgan fingerprint density at radius 3 is 1.58 bits per heavy atom. The van der Waals surface area contributed by atoms with Crippen molar-refractivity contribution in [2.45, 2.75) is 12.4 Å². The van der Waals surface area contributed by atoms with Gasteiger partial charge in [0.15, 0.2) is 0 Å². The molecule has 0 heterocycles. The van der Waals surface area contributed by atoms with Gasteiger partial charge in [0.1, 0.15) is 0 Å². The molecule has 74 valence electrons. The van der Waals surface area contributed by atoms with E-state index in [1.54, 1.807) is 0 Å². The van der Waals surface area contributed by atoms with Gasteiger partial charge in [0, 0.05) is 0 Å². The van der Waals surface area contributed by atoms with Crippen LogP contribution in [0.5, 0.6) is 0 Å². The lowest BCUT2D eigenvalue weighted by Gasteiger charge is -2.19. The molecule has 0 radical (unpaired) electrons. The molecule has 0 aliphatic carbocycles. The molecule has 0 aliphatic rings. The van der Waals surface area contributed by atoms with Crippen molar-refractivity contribution < 1.29 is 28.7 Å². The van der Waals surface area contributed by atoms with Crippen LogP contribution in [0.25, 0.3) is 0 Å². The SMILES string of the molecule is CCNC(P(=O)(O)O)P(=O)(O)O. The smallest absolute Gasteiger partial charge is 0.323 e. The van der Waals surface area contributed by atoms with E-state index in [0.29, 0.717) is 0 Å². The molecule has 0 aromatic carbocycles.